The van der Waals surface area contributed by atoms with Gasteiger partial charge < -0.3 is 10.2 Å². The van der Waals surface area contributed by atoms with Crippen LogP contribution in [0.5, 0.6) is 0 Å². The molecule has 0 spiro atoms. The summed E-state index contributed by atoms with van der Waals surface area (Å²) in [6.07, 6.45) is 5.50. The molecule has 8 heteroatoms. The van der Waals surface area contributed by atoms with Crippen molar-refractivity contribution in [2.45, 2.75) is 10.9 Å². The number of carbonyl (C=O) groups is 2. The highest BCUT2D eigenvalue weighted by atomic mass is 32.2. The normalized spacial score (nSPS) is 13.8. The molecule has 1 aromatic heterocycles. The van der Waals surface area contributed by atoms with E-state index in [1.165, 1.54) is 18.2 Å². The van der Waals surface area contributed by atoms with Crippen molar-refractivity contribution in [1.29, 1.82) is 0 Å². The Morgan fingerprint density at radius 1 is 1.14 bits per heavy atom. The maximum atomic E-state index is 14.1. The van der Waals surface area contributed by atoms with Crippen molar-refractivity contribution in [2.75, 3.05) is 24.7 Å². The van der Waals surface area contributed by atoms with E-state index < -0.39 is 5.82 Å². The molecule has 1 N–H and O–H groups in total. The Labute approximate surface area is 171 Å². The number of hydrogen-bond donors (Lipinski definition) is 1. The molecule has 0 radical (unpaired) electrons. The predicted octanol–water partition coefficient (Wildman–Crippen LogP) is 3.69. The average molecular weight is 410 g/mol. The number of amides is 2. The Bertz CT molecular complexity index is 1030. The smallest absolute Gasteiger partial charge is 0.255 e. The van der Waals surface area contributed by atoms with Crippen LogP contribution in [-0.2, 0) is 0 Å². The minimum atomic E-state index is -0.576. The number of likely N-dealkylation sites (tertiary alicyclic amines) is 1. The lowest BCUT2D eigenvalue weighted by Crippen LogP contribution is -2.50. The molecular formula is C21H19FN4O2S. The van der Waals surface area contributed by atoms with E-state index in [0.29, 0.717) is 18.7 Å². The van der Waals surface area contributed by atoms with E-state index in [-0.39, 0.29) is 29.1 Å². The lowest BCUT2D eigenvalue weighted by Gasteiger charge is -2.39. The number of aromatic nitrogens is 2. The minimum Gasteiger partial charge on any atom is -0.334 e. The van der Waals surface area contributed by atoms with Crippen molar-refractivity contribution in [3.05, 3.63) is 77.9 Å². The van der Waals surface area contributed by atoms with E-state index in [4.69, 9.17) is 0 Å². The molecule has 0 unspecified atom stereocenters. The van der Waals surface area contributed by atoms with Crippen LogP contribution in [0.4, 0.5) is 10.1 Å². The van der Waals surface area contributed by atoms with Gasteiger partial charge in [-0.05, 0) is 54.8 Å². The van der Waals surface area contributed by atoms with Crippen LogP contribution in [0.15, 0.2) is 65.8 Å². The molecule has 0 bridgehead atoms. The van der Waals surface area contributed by atoms with Gasteiger partial charge in [0.2, 0.25) is 0 Å². The number of halogens is 1. The van der Waals surface area contributed by atoms with Crippen LogP contribution in [0, 0.1) is 5.82 Å². The third-order valence-electron chi connectivity index (χ3n) is 4.80. The van der Waals surface area contributed by atoms with Crippen LogP contribution >= 0.6 is 11.8 Å². The first-order chi connectivity index (χ1) is 14.0. The fourth-order valence-electron chi connectivity index (χ4n) is 3.20. The number of thioether (sulfide) groups is 1. The molecule has 0 saturated carbocycles. The average Bonchev–Trinajstić information content (AvgIpc) is 3.20. The van der Waals surface area contributed by atoms with Gasteiger partial charge in [-0.2, -0.15) is 5.10 Å². The second kappa shape index (κ2) is 8.08. The molecule has 1 saturated heterocycles. The Balaban J connectivity index is 1.44. The molecule has 2 amide bonds. The molecule has 29 heavy (non-hydrogen) atoms. The Hall–Kier alpha value is -3.13. The summed E-state index contributed by atoms with van der Waals surface area (Å²) in [4.78, 5) is 27.8. The monoisotopic (exact) mass is 410 g/mol. The van der Waals surface area contributed by atoms with Gasteiger partial charge >= 0.3 is 0 Å². The van der Waals surface area contributed by atoms with Crippen LogP contribution in [0.3, 0.4) is 0 Å². The quantitative estimate of drug-likeness (QED) is 0.652. The number of nitrogens with zero attached hydrogens (tertiary/aromatic N) is 3. The lowest BCUT2D eigenvalue weighted by molar-refractivity contribution is 0.0501. The van der Waals surface area contributed by atoms with E-state index >= 15 is 0 Å². The molecule has 3 aromatic rings. The van der Waals surface area contributed by atoms with Gasteiger partial charge in [0, 0.05) is 47.2 Å². The van der Waals surface area contributed by atoms with Gasteiger partial charge in [-0.15, -0.1) is 11.8 Å². The summed E-state index contributed by atoms with van der Waals surface area (Å²) < 4.78 is 15.9. The van der Waals surface area contributed by atoms with E-state index in [2.05, 4.69) is 10.4 Å². The molecule has 6 nitrogen and oxygen atoms in total. The molecule has 148 valence electrons. The highest BCUT2D eigenvalue weighted by molar-refractivity contribution is 7.98. The van der Waals surface area contributed by atoms with Crippen LogP contribution in [0.1, 0.15) is 26.8 Å². The third kappa shape index (κ3) is 4.17. The zero-order chi connectivity index (χ0) is 20.4. The van der Waals surface area contributed by atoms with Crippen LogP contribution in [0.2, 0.25) is 0 Å². The Morgan fingerprint density at radius 3 is 2.55 bits per heavy atom. The second-order valence-electron chi connectivity index (χ2n) is 6.76. The van der Waals surface area contributed by atoms with Gasteiger partial charge in [-0.3, -0.25) is 14.3 Å². The van der Waals surface area contributed by atoms with E-state index in [9.17, 15) is 14.0 Å². The third-order valence-corrected chi connectivity index (χ3v) is 5.55. The van der Waals surface area contributed by atoms with Gasteiger partial charge in [-0.25, -0.2) is 4.39 Å². The van der Waals surface area contributed by atoms with Gasteiger partial charge in [0.05, 0.1) is 6.04 Å². The molecule has 2 aromatic carbocycles. The van der Waals surface area contributed by atoms with Crippen LogP contribution < -0.4 is 5.32 Å². The molecule has 1 fully saturated rings. The predicted molar refractivity (Wildman–Crippen MR) is 110 cm³/mol. The summed E-state index contributed by atoms with van der Waals surface area (Å²) >= 11 is 1.58. The van der Waals surface area contributed by atoms with Crippen molar-refractivity contribution in [3.8, 4) is 0 Å². The second-order valence-corrected chi connectivity index (χ2v) is 7.64. The largest absolute Gasteiger partial charge is 0.334 e. The first-order valence-electron chi connectivity index (χ1n) is 9.08. The first kappa shape index (κ1) is 19.2. The maximum absolute atomic E-state index is 14.1. The summed E-state index contributed by atoms with van der Waals surface area (Å²) in [7, 11) is 0. The SMILES string of the molecule is CSc1ccc(C(=O)Nc2cc(F)cc(C(=O)N3CC(n4cccn4)C3)c2)cc1. The van der Waals surface area contributed by atoms with Crippen LogP contribution in [0.25, 0.3) is 0 Å². The summed E-state index contributed by atoms with van der Waals surface area (Å²) in [6, 6.07) is 13.0. The highest BCUT2D eigenvalue weighted by Gasteiger charge is 2.33. The first-order valence-corrected chi connectivity index (χ1v) is 10.3. The number of carbonyl (C=O) groups excluding carboxylic acids is 2. The standard InChI is InChI=1S/C21H19FN4O2S/c1-29-19-5-3-14(4-6-19)20(27)24-17-10-15(9-16(22)11-17)21(28)25-12-18(13-25)26-8-2-7-23-26/h2-11,18H,12-13H2,1H3,(H,24,27). The zero-order valence-electron chi connectivity index (χ0n) is 15.7. The molecule has 0 aliphatic carbocycles. The summed E-state index contributed by atoms with van der Waals surface area (Å²) in [5, 5.41) is 6.84. The molecule has 4 rings (SSSR count). The molecular weight excluding hydrogens is 391 g/mol. The van der Waals surface area contributed by atoms with Crippen molar-refractivity contribution >= 4 is 29.3 Å². The molecule has 1 aliphatic heterocycles. The zero-order valence-corrected chi connectivity index (χ0v) is 16.5. The fraction of sp³-hybridized carbons (Fsp3) is 0.190. The van der Waals surface area contributed by atoms with Gasteiger partial charge in [0.25, 0.3) is 11.8 Å². The molecule has 2 heterocycles. The summed E-state index contributed by atoms with van der Waals surface area (Å²) in [5.74, 6) is -1.20. The minimum absolute atomic E-state index is 0.130. The van der Waals surface area contributed by atoms with Gasteiger partial charge in [-0.1, -0.05) is 0 Å². The van der Waals surface area contributed by atoms with Crippen molar-refractivity contribution in [1.82, 2.24) is 14.7 Å². The van der Waals surface area contributed by atoms with Gasteiger partial charge in [0.1, 0.15) is 5.82 Å². The summed E-state index contributed by atoms with van der Waals surface area (Å²) in [6.45, 7) is 1.03. The Morgan fingerprint density at radius 2 is 1.90 bits per heavy atom. The maximum Gasteiger partial charge on any atom is 0.255 e. The van der Waals surface area contributed by atoms with Crippen molar-refractivity contribution < 1.29 is 14.0 Å². The van der Waals surface area contributed by atoms with E-state index in [1.54, 1.807) is 35.0 Å². The molecule has 0 atom stereocenters. The number of nitrogens with one attached hydrogen (secondary N) is 1. The van der Waals surface area contributed by atoms with E-state index in [1.807, 2.05) is 35.3 Å². The van der Waals surface area contributed by atoms with Crippen LogP contribution in [-0.4, -0.2) is 45.8 Å². The fourth-order valence-corrected chi connectivity index (χ4v) is 3.61. The lowest BCUT2D eigenvalue weighted by atomic mass is 10.1. The Kier molecular flexibility index (Phi) is 5.35. The number of anilines is 1. The van der Waals surface area contributed by atoms with Crippen molar-refractivity contribution in [2.24, 2.45) is 0 Å². The highest BCUT2D eigenvalue weighted by Crippen LogP contribution is 2.24. The number of rotatable bonds is 5. The van der Waals surface area contributed by atoms with Crippen molar-refractivity contribution in [3.63, 3.8) is 0 Å². The molecule has 1 aliphatic rings. The van der Waals surface area contributed by atoms with Gasteiger partial charge in [0.15, 0.2) is 0 Å². The van der Waals surface area contributed by atoms with E-state index in [0.717, 1.165) is 4.90 Å². The number of benzene rings is 2. The topological polar surface area (TPSA) is 67.2 Å². The summed E-state index contributed by atoms with van der Waals surface area (Å²) in [5.41, 5.74) is 0.915. The number of hydrogen-bond acceptors (Lipinski definition) is 4.